The molecule has 1 aliphatic heterocycles. The van der Waals surface area contributed by atoms with E-state index >= 15 is 0 Å². The molecular formula is C26H24N2O3. The maximum atomic E-state index is 13.0. The molecule has 2 heterocycles. The zero-order valence-electron chi connectivity index (χ0n) is 17.4. The van der Waals surface area contributed by atoms with Gasteiger partial charge >= 0.3 is 0 Å². The van der Waals surface area contributed by atoms with Gasteiger partial charge in [0.05, 0.1) is 11.6 Å². The highest BCUT2D eigenvalue weighted by Crippen LogP contribution is 2.39. The summed E-state index contributed by atoms with van der Waals surface area (Å²) < 4.78 is 0. The Morgan fingerprint density at radius 1 is 0.935 bits per heavy atom. The molecule has 0 saturated carbocycles. The Bertz CT molecular complexity index is 1110. The van der Waals surface area contributed by atoms with E-state index in [1.807, 2.05) is 54.6 Å². The number of aliphatic hydroxyl groups is 1. The fourth-order valence-electron chi connectivity index (χ4n) is 3.95. The lowest BCUT2D eigenvalue weighted by atomic mass is 9.94. The van der Waals surface area contributed by atoms with Crippen LogP contribution in [0.4, 0.5) is 0 Å². The van der Waals surface area contributed by atoms with Crippen molar-refractivity contribution in [3.8, 4) is 0 Å². The summed E-state index contributed by atoms with van der Waals surface area (Å²) in [5.41, 5.74) is 3.64. The third-order valence-electron chi connectivity index (χ3n) is 5.68. The second-order valence-electron chi connectivity index (χ2n) is 7.56. The summed E-state index contributed by atoms with van der Waals surface area (Å²) >= 11 is 0. The zero-order valence-corrected chi connectivity index (χ0v) is 17.4. The topological polar surface area (TPSA) is 70.5 Å². The SMILES string of the molecule is CCc1ccc(C2C(=C(O)c3ccncc3)C(=O)C(=O)N2CCc2ccccc2)cc1. The Labute approximate surface area is 181 Å². The van der Waals surface area contributed by atoms with Crippen LogP contribution in [0.5, 0.6) is 0 Å². The average Bonchev–Trinajstić information content (AvgIpc) is 3.08. The third kappa shape index (κ3) is 4.12. The van der Waals surface area contributed by atoms with E-state index in [2.05, 4.69) is 11.9 Å². The molecule has 1 amide bonds. The molecule has 0 bridgehead atoms. The number of hydrogen-bond acceptors (Lipinski definition) is 4. The van der Waals surface area contributed by atoms with E-state index in [9.17, 15) is 14.7 Å². The van der Waals surface area contributed by atoms with Gasteiger partial charge in [0.1, 0.15) is 5.76 Å². The number of carbonyl (C=O) groups is 2. The summed E-state index contributed by atoms with van der Waals surface area (Å²) in [6, 6.07) is 20.3. The Morgan fingerprint density at radius 2 is 1.61 bits per heavy atom. The van der Waals surface area contributed by atoms with Crippen molar-refractivity contribution in [1.82, 2.24) is 9.88 Å². The van der Waals surface area contributed by atoms with E-state index in [0.717, 1.165) is 17.5 Å². The van der Waals surface area contributed by atoms with E-state index in [0.29, 0.717) is 18.5 Å². The molecular weight excluding hydrogens is 388 g/mol. The van der Waals surface area contributed by atoms with Crippen molar-refractivity contribution in [3.63, 3.8) is 0 Å². The third-order valence-corrected chi connectivity index (χ3v) is 5.68. The highest BCUT2D eigenvalue weighted by molar-refractivity contribution is 6.46. The van der Waals surface area contributed by atoms with Crippen LogP contribution in [0.1, 0.15) is 35.2 Å². The van der Waals surface area contributed by atoms with Crippen LogP contribution >= 0.6 is 0 Å². The monoisotopic (exact) mass is 412 g/mol. The number of likely N-dealkylation sites (tertiary alicyclic amines) is 1. The Kier molecular flexibility index (Phi) is 5.94. The number of aliphatic hydroxyl groups excluding tert-OH is 1. The number of hydrogen-bond donors (Lipinski definition) is 1. The minimum Gasteiger partial charge on any atom is -0.507 e. The second kappa shape index (κ2) is 8.96. The number of rotatable bonds is 6. The number of nitrogens with zero attached hydrogens (tertiary/aromatic N) is 2. The van der Waals surface area contributed by atoms with Crippen molar-refractivity contribution < 1.29 is 14.7 Å². The first-order valence-electron chi connectivity index (χ1n) is 10.4. The Balaban J connectivity index is 1.77. The summed E-state index contributed by atoms with van der Waals surface area (Å²) in [6.45, 7) is 2.45. The maximum absolute atomic E-state index is 13.0. The minimum absolute atomic E-state index is 0.119. The molecule has 1 fully saturated rings. The molecule has 5 heteroatoms. The van der Waals surface area contributed by atoms with Gasteiger partial charge in [0.2, 0.25) is 0 Å². The number of pyridine rings is 1. The lowest BCUT2D eigenvalue weighted by Crippen LogP contribution is -2.31. The number of ketones is 1. The number of amides is 1. The van der Waals surface area contributed by atoms with Crippen molar-refractivity contribution >= 4 is 17.4 Å². The predicted molar refractivity (Wildman–Crippen MR) is 119 cm³/mol. The molecule has 1 saturated heterocycles. The van der Waals surface area contributed by atoms with Gasteiger partial charge < -0.3 is 10.0 Å². The van der Waals surface area contributed by atoms with Crippen molar-refractivity contribution in [1.29, 1.82) is 0 Å². The van der Waals surface area contributed by atoms with Gasteiger partial charge in [-0.05, 0) is 41.7 Å². The van der Waals surface area contributed by atoms with Crippen LogP contribution in [0.2, 0.25) is 0 Å². The quantitative estimate of drug-likeness (QED) is 0.372. The molecule has 5 nitrogen and oxygen atoms in total. The summed E-state index contributed by atoms with van der Waals surface area (Å²) in [6.07, 6.45) is 4.61. The molecule has 1 unspecified atom stereocenters. The first kappa shape index (κ1) is 20.5. The van der Waals surface area contributed by atoms with Crippen molar-refractivity contribution in [2.24, 2.45) is 0 Å². The van der Waals surface area contributed by atoms with Gasteiger partial charge in [0, 0.05) is 24.5 Å². The Morgan fingerprint density at radius 3 is 2.26 bits per heavy atom. The number of aryl methyl sites for hydroxylation is 1. The standard InChI is InChI=1S/C26H24N2O3/c1-2-18-8-10-20(11-9-18)23-22(24(29)21-12-15-27-16-13-21)25(30)26(31)28(23)17-14-19-6-4-3-5-7-19/h3-13,15-16,23,29H,2,14,17H2,1H3. The highest BCUT2D eigenvalue weighted by atomic mass is 16.3. The van der Waals surface area contributed by atoms with Crippen LogP contribution in [0.25, 0.3) is 5.76 Å². The van der Waals surface area contributed by atoms with Crippen LogP contribution < -0.4 is 0 Å². The summed E-state index contributed by atoms with van der Waals surface area (Å²) in [5.74, 6) is -1.42. The van der Waals surface area contributed by atoms with Gasteiger partial charge in [-0.15, -0.1) is 0 Å². The molecule has 0 radical (unpaired) electrons. The predicted octanol–water partition coefficient (Wildman–Crippen LogP) is 4.31. The van der Waals surface area contributed by atoms with E-state index in [-0.39, 0.29) is 11.3 Å². The fourth-order valence-corrected chi connectivity index (χ4v) is 3.95. The van der Waals surface area contributed by atoms with Gasteiger partial charge in [-0.25, -0.2) is 0 Å². The lowest BCUT2D eigenvalue weighted by molar-refractivity contribution is -0.139. The first-order chi connectivity index (χ1) is 15.1. The lowest BCUT2D eigenvalue weighted by Gasteiger charge is -2.25. The molecule has 4 rings (SSSR count). The summed E-state index contributed by atoms with van der Waals surface area (Å²) in [4.78, 5) is 31.6. The molecule has 1 atom stereocenters. The molecule has 3 aromatic rings. The van der Waals surface area contributed by atoms with Crippen LogP contribution in [-0.4, -0.2) is 33.2 Å². The minimum atomic E-state index is -0.660. The van der Waals surface area contributed by atoms with Gasteiger partial charge in [0.25, 0.3) is 11.7 Å². The molecule has 2 aromatic carbocycles. The van der Waals surface area contributed by atoms with Gasteiger partial charge in [-0.2, -0.15) is 0 Å². The average molecular weight is 412 g/mol. The van der Waals surface area contributed by atoms with E-state index in [4.69, 9.17) is 0 Å². The number of Topliss-reactive ketones (excluding diaryl/α,β-unsaturated/α-hetero) is 1. The van der Waals surface area contributed by atoms with E-state index in [1.54, 1.807) is 29.4 Å². The molecule has 1 aromatic heterocycles. The number of aromatic nitrogens is 1. The second-order valence-corrected chi connectivity index (χ2v) is 7.56. The van der Waals surface area contributed by atoms with Crippen molar-refractivity contribution in [3.05, 3.63) is 107 Å². The van der Waals surface area contributed by atoms with Crippen molar-refractivity contribution in [2.75, 3.05) is 6.54 Å². The summed E-state index contributed by atoms with van der Waals surface area (Å²) in [7, 11) is 0. The van der Waals surface area contributed by atoms with Crippen LogP contribution in [0.15, 0.2) is 84.7 Å². The molecule has 0 spiro atoms. The zero-order chi connectivity index (χ0) is 21.8. The highest BCUT2D eigenvalue weighted by Gasteiger charge is 2.45. The van der Waals surface area contributed by atoms with Gasteiger partial charge in [-0.3, -0.25) is 14.6 Å². The van der Waals surface area contributed by atoms with Crippen LogP contribution in [-0.2, 0) is 22.4 Å². The molecule has 31 heavy (non-hydrogen) atoms. The largest absolute Gasteiger partial charge is 0.507 e. The first-order valence-corrected chi connectivity index (χ1v) is 10.4. The van der Waals surface area contributed by atoms with Crippen LogP contribution in [0, 0.1) is 0 Å². The maximum Gasteiger partial charge on any atom is 0.295 e. The number of carbonyl (C=O) groups excluding carboxylic acids is 2. The van der Waals surface area contributed by atoms with Gasteiger partial charge in [0.15, 0.2) is 0 Å². The fraction of sp³-hybridized carbons (Fsp3) is 0.192. The molecule has 1 N–H and O–H groups in total. The van der Waals surface area contributed by atoms with E-state index in [1.165, 1.54) is 5.56 Å². The molecule has 0 aliphatic carbocycles. The normalized spacial score (nSPS) is 17.8. The smallest absolute Gasteiger partial charge is 0.295 e. The van der Waals surface area contributed by atoms with Crippen LogP contribution in [0.3, 0.4) is 0 Å². The van der Waals surface area contributed by atoms with E-state index < -0.39 is 17.7 Å². The Hall–Kier alpha value is -3.73. The molecule has 1 aliphatic rings. The van der Waals surface area contributed by atoms with Crippen molar-refractivity contribution in [2.45, 2.75) is 25.8 Å². The number of benzene rings is 2. The van der Waals surface area contributed by atoms with Gasteiger partial charge in [-0.1, -0.05) is 61.5 Å². The summed E-state index contributed by atoms with van der Waals surface area (Å²) in [5, 5.41) is 11.0. The molecule has 156 valence electrons.